The predicted octanol–water partition coefficient (Wildman–Crippen LogP) is 7.53. The average Bonchev–Trinajstić information content (AvgIpc) is 3.24. The first kappa shape index (κ1) is 18.0. The van der Waals surface area contributed by atoms with Gasteiger partial charge in [-0.1, -0.05) is 0 Å². The molecule has 0 aliphatic rings. The molecular formula is C20H32S2Sn. The van der Waals surface area contributed by atoms with Crippen LogP contribution in [0.15, 0.2) is 29.6 Å². The molecule has 0 saturated heterocycles. The second-order valence-electron chi connectivity index (χ2n) is 6.67. The van der Waals surface area contributed by atoms with E-state index in [1.54, 1.807) is 27.5 Å². The fourth-order valence-electron chi connectivity index (χ4n) is 3.42. The van der Waals surface area contributed by atoms with Crippen molar-refractivity contribution >= 4 is 43.9 Å². The van der Waals surface area contributed by atoms with Crippen LogP contribution in [0.25, 0.3) is 9.75 Å². The van der Waals surface area contributed by atoms with E-state index < -0.39 is 18.4 Å². The molecule has 2 aromatic rings. The molecule has 0 unspecified atom stereocenters. The molecule has 0 atom stereocenters. The molecule has 0 aliphatic heterocycles. The summed E-state index contributed by atoms with van der Waals surface area (Å²) in [6.07, 6.45) is 8.28. The summed E-state index contributed by atoms with van der Waals surface area (Å²) in [6, 6.07) is 8.90. The number of hydrogen-bond acceptors (Lipinski definition) is 2. The van der Waals surface area contributed by atoms with Crippen molar-refractivity contribution in [2.24, 2.45) is 0 Å². The summed E-state index contributed by atoms with van der Waals surface area (Å²) in [4.78, 5) is 2.69. The van der Waals surface area contributed by atoms with Gasteiger partial charge < -0.3 is 0 Å². The fourth-order valence-corrected chi connectivity index (χ4v) is 24.3. The molecule has 0 fully saturated rings. The van der Waals surface area contributed by atoms with Gasteiger partial charge in [0, 0.05) is 0 Å². The molecule has 0 saturated carbocycles. The van der Waals surface area contributed by atoms with E-state index in [1.165, 1.54) is 48.3 Å². The first-order chi connectivity index (χ1) is 11.6. The number of rotatable bonds is 11. The zero-order valence-electron chi connectivity index (χ0n) is 16.0. The van der Waals surface area contributed by atoms with Gasteiger partial charge in [0.25, 0.3) is 0 Å². The third kappa shape index (κ3) is 5.34. The van der Waals surface area contributed by atoms with Crippen molar-refractivity contribution in [3.05, 3.63) is 29.6 Å². The Hall–Kier alpha value is 0.199. The van der Waals surface area contributed by atoms with Gasteiger partial charge in [0.1, 0.15) is 0 Å². The van der Waals surface area contributed by atoms with Gasteiger partial charge in [-0.05, 0) is 0 Å². The van der Waals surface area contributed by atoms with Gasteiger partial charge in [0.2, 0.25) is 0 Å². The number of unbranched alkanes of at least 4 members (excludes halogenated alkanes) is 3. The van der Waals surface area contributed by atoms with Crippen LogP contribution in [0, 0.1) is 0 Å². The standard InChI is InChI=1S/C8H5S2.3C4H9.Sn/c1-3-7(9-5-1)8-4-2-6-10-8;3*1-3-4-2;/h1-5H;3*1,3-4H2,2H3;/i5D;;;;. The van der Waals surface area contributed by atoms with Crippen molar-refractivity contribution in [3.8, 4) is 9.75 Å². The van der Waals surface area contributed by atoms with Gasteiger partial charge in [0.15, 0.2) is 0 Å². The van der Waals surface area contributed by atoms with E-state index in [9.17, 15) is 0 Å². The molecule has 0 aromatic carbocycles. The van der Waals surface area contributed by atoms with E-state index >= 15 is 0 Å². The zero-order valence-corrected chi connectivity index (χ0v) is 19.5. The van der Waals surface area contributed by atoms with E-state index in [-0.39, 0.29) is 0 Å². The van der Waals surface area contributed by atoms with Crippen molar-refractivity contribution in [3.63, 3.8) is 0 Å². The summed E-state index contributed by atoms with van der Waals surface area (Å²) in [5.74, 6) is 0. The summed E-state index contributed by atoms with van der Waals surface area (Å²) in [6.45, 7) is 7.03. The minimum atomic E-state index is -2.26. The summed E-state index contributed by atoms with van der Waals surface area (Å²) in [7, 11) is 0. The number of hydrogen-bond donors (Lipinski definition) is 0. The second-order valence-corrected chi connectivity index (χ2v) is 22.8. The third-order valence-corrected chi connectivity index (χ3v) is 25.2. The minimum absolute atomic E-state index is 0.678. The summed E-state index contributed by atoms with van der Waals surface area (Å²) < 4.78 is 14.2. The van der Waals surface area contributed by atoms with E-state index in [0.717, 1.165) is 0 Å². The van der Waals surface area contributed by atoms with Crippen LogP contribution in [0.3, 0.4) is 0 Å². The molecule has 2 aromatic heterocycles. The van der Waals surface area contributed by atoms with Crippen LogP contribution >= 0.6 is 22.7 Å². The topological polar surface area (TPSA) is 0 Å². The molecule has 0 nitrogen and oxygen atoms in total. The molecule has 0 N–H and O–H groups in total. The van der Waals surface area contributed by atoms with E-state index in [0.29, 0.717) is 5.36 Å². The number of thiophene rings is 2. The normalized spacial score (nSPS) is 12.6. The molecular weight excluding hydrogens is 423 g/mol. The average molecular weight is 456 g/mol. The molecule has 2 rings (SSSR count). The van der Waals surface area contributed by atoms with Gasteiger partial charge in [-0.15, -0.1) is 0 Å². The molecule has 0 radical (unpaired) electrons. The maximum atomic E-state index is 7.80. The van der Waals surface area contributed by atoms with E-state index in [1.807, 2.05) is 6.07 Å². The van der Waals surface area contributed by atoms with Crippen LogP contribution in [-0.2, 0) is 0 Å². The molecule has 0 bridgehead atoms. The van der Waals surface area contributed by atoms with Gasteiger partial charge in [0.05, 0.1) is 0 Å². The predicted molar refractivity (Wildman–Crippen MR) is 112 cm³/mol. The van der Waals surface area contributed by atoms with Crippen molar-refractivity contribution in [1.82, 2.24) is 0 Å². The van der Waals surface area contributed by atoms with Crippen molar-refractivity contribution < 1.29 is 1.37 Å². The van der Waals surface area contributed by atoms with Crippen LogP contribution in [0.5, 0.6) is 0 Å². The Labute approximate surface area is 156 Å². The summed E-state index contributed by atoms with van der Waals surface area (Å²) in [5.41, 5.74) is 0. The van der Waals surface area contributed by atoms with Crippen LogP contribution in [0.2, 0.25) is 13.3 Å². The maximum absolute atomic E-state index is 7.80. The fraction of sp³-hybridized carbons (Fsp3) is 0.600. The molecule has 23 heavy (non-hydrogen) atoms. The Morgan fingerprint density at radius 1 is 0.870 bits per heavy atom. The van der Waals surface area contributed by atoms with Crippen molar-refractivity contribution in [2.45, 2.75) is 72.6 Å². The first-order valence-electron chi connectivity index (χ1n) is 9.82. The third-order valence-electron chi connectivity index (χ3n) is 4.87. The summed E-state index contributed by atoms with van der Waals surface area (Å²) in [5, 5.41) is 0.678. The molecule has 0 aliphatic carbocycles. The van der Waals surface area contributed by atoms with Gasteiger partial charge in [-0.25, -0.2) is 0 Å². The molecule has 0 spiro atoms. The SMILES string of the molecule is [2H]c1ccc(-c2cc[c]([Sn]([CH2]CCC)([CH2]CCC)[CH2]CCC)s2)s1. The Morgan fingerprint density at radius 2 is 1.48 bits per heavy atom. The molecule has 2 heterocycles. The van der Waals surface area contributed by atoms with Crippen molar-refractivity contribution in [1.29, 1.82) is 0 Å². The van der Waals surface area contributed by atoms with Crippen LogP contribution in [-0.4, -0.2) is 18.4 Å². The zero-order chi connectivity index (χ0) is 17.4. The Balaban J connectivity index is 2.31. The quantitative estimate of drug-likeness (QED) is 0.307. The van der Waals surface area contributed by atoms with Gasteiger partial charge in [-0.3, -0.25) is 0 Å². The van der Waals surface area contributed by atoms with Gasteiger partial charge >= 0.3 is 157 Å². The first-order valence-corrected chi connectivity index (χ1v) is 18.4. The monoisotopic (exact) mass is 457 g/mol. The van der Waals surface area contributed by atoms with Gasteiger partial charge in [-0.2, -0.15) is 0 Å². The van der Waals surface area contributed by atoms with E-state index in [2.05, 4.69) is 50.3 Å². The Morgan fingerprint density at radius 3 is 1.96 bits per heavy atom. The van der Waals surface area contributed by atoms with E-state index in [4.69, 9.17) is 1.37 Å². The van der Waals surface area contributed by atoms with Crippen molar-refractivity contribution in [2.75, 3.05) is 0 Å². The van der Waals surface area contributed by atoms with Crippen LogP contribution < -0.4 is 2.89 Å². The van der Waals surface area contributed by atoms with Crippen LogP contribution in [0.4, 0.5) is 0 Å². The summed E-state index contributed by atoms with van der Waals surface area (Å²) >= 11 is 1.44. The molecule has 0 amide bonds. The Kier molecular flexibility index (Phi) is 8.02. The van der Waals surface area contributed by atoms with Crippen LogP contribution in [0.1, 0.15) is 60.7 Å². The second kappa shape index (κ2) is 10.2. The molecule has 128 valence electrons. The molecule has 3 heteroatoms. The Bertz CT molecular complexity index is 581.